The highest BCUT2D eigenvalue weighted by Gasteiger charge is 2.44. The summed E-state index contributed by atoms with van der Waals surface area (Å²) >= 11 is 3.39. The zero-order valence-corrected chi connectivity index (χ0v) is 19.5. The molecule has 34 heavy (non-hydrogen) atoms. The number of benzene rings is 2. The highest BCUT2D eigenvalue weighted by Crippen LogP contribution is 2.41. The molecule has 0 radical (unpaired) electrons. The minimum Gasteiger partial charge on any atom is -0.484 e. The third-order valence-corrected chi connectivity index (χ3v) is 6.02. The zero-order chi connectivity index (χ0) is 24.0. The van der Waals surface area contributed by atoms with Gasteiger partial charge in [0.1, 0.15) is 17.2 Å². The van der Waals surface area contributed by atoms with Crippen LogP contribution in [0.3, 0.4) is 0 Å². The number of carbonyl (C=O) groups excluding carboxylic acids is 2. The number of primary amides is 1. The van der Waals surface area contributed by atoms with Crippen molar-refractivity contribution in [3.63, 3.8) is 0 Å². The first-order valence-corrected chi connectivity index (χ1v) is 11.2. The highest BCUT2D eigenvalue weighted by atomic mass is 79.9. The largest absolute Gasteiger partial charge is 0.484 e. The SMILES string of the molecule is Cc1cccc(N2C(=O)c3oc4ccc(Br)cc4c(=O)c3C2c2ccc(OCC(N)=O)cc2)n1. The number of hydrogen-bond donors (Lipinski definition) is 1. The van der Waals surface area contributed by atoms with Crippen molar-refractivity contribution in [3.8, 4) is 5.75 Å². The van der Waals surface area contributed by atoms with Crippen molar-refractivity contribution in [3.05, 3.63) is 97.9 Å². The van der Waals surface area contributed by atoms with Crippen LogP contribution in [0.4, 0.5) is 5.82 Å². The fourth-order valence-electron chi connectivity index (χ4n) is 4.06. The number of aromatic nitrogens is 1. The number of rotatable bonds is 5. The number of aryl methyl sites for hydroxylation is 1. The van der Waals surface area contributed by atoms with Gasteiger partial charge in [-0.25, -0.2) is 4.98 Å². The van der Waals surface area contributed by atoms with E-state index in [0.717, 1.165) is 10.2 Å². The van der Waals surface area contributed by atoms with E-state index in [1.54, 1.807) is 54.6 Å². The molecular formula is C25H18BrN3O5. The van der Waals surface area contributed by atoms with Crippen LogP contribution in [-0.4, -0.2) is 23.4 Å². The average Bonchev–Trinajstić information content (AvgIpc) is 3.11. The number of anilines is 1. The van der Waals surface area contributed by atoms with Gasteiger partial charge in [0.25, 0.3) is 11.8 Å². The molecule has 4 aromatic rings. The smallest absolute Gasteiger partial charge is 0.296 e. The van der Waals surface area contributed by atoms with E-state index in [1.807, 2.05) is 13.0 Å². The number of nitrogens with zero attached hydrogens (tertiary/aromatic N) is 2. The summed E-state index contributed by atoms with van der Waals surface area (Å²) in [4.78, 5) is 44.2. The van der Waals surface area contributed by atoms with Crippen molar-refractivity contribution in [1.82, 2.24) is 4.98 Å². The molecule has 2 N–H and O–H groups in total. The van der Waals surface area contributed by atoms with E-state index in [1.165, 1.54) is 4.90 Å². The van der Waals surface area contributed by atoms with Gasteiger partial charge in [0.2, 0.25) is 5.76 Å². The Labute approximate surface area is 202 Å². The summed E-state index contributed by atoms with van der Waals surface area (Å²) in [5.41, 5.74) is 6.80. The molecule has 0 bridgehead atoms. The van der Waals surface area contributed by atoms with Crippen LogP contribution in [0.1, 0.15) is 33.4 Å². The lowest BCUT2D eigenvalue weighted by Crippen LogP contribution is -2.30. The van der Waals surface area contributed by atoms with Crippen LogP contribution in [0, 0.1) is 6.92 Å². The minimum atomic E-state index is -0.762. The van der Waals surface area contributed by atoms with Gasteiger partial charge in [0.15, 0.2) is 12.0 Å². The lowest BCUT2D eigenvalue weighted by molar-refractivity contribution is -0.119. The summed E-state index contributed by atoms with van der Waals surface area (Å²) in [5.74, 6) is -0.218. The van der Waals surface area contributed by atoms with E-state index in [2.05, 4.69) is 20.9 Å². The predicted octanol–water partition coefficient (Wildman–Crippen LogP) is 3.87. The lowest BCUT2D eigenvalue weighted by Gasteiger charge is -2.24. The molecule has 1 atom stereocenters. The molecule has 0 fully saturated rings. The maximum atomic E-state index is 13.6. The summed E-state index contributed by atoms with van der Waals surface area (Å²) in [5, 5.41) is 0.367. The van der Waals surface area contributed by atoms with Crippen LogP contribution in [0.15, 0.2) is 74.3 Å². The third kappa shape index (κ3) is 3.73. The predicted molar refractivity (Wildman–Crippen MR) is 129 cm³/mol. The number of halogens is 1. The number of nitrogens with two attached hydrogens (primary N) is 1. The van der Waals surface area contributed by atoms with E-state index in [0.29, 0.717) is 28.1 Å². The van der Waals surface area contributed by atoms with Crippen LogP contribution in [0.2, 0.25) is 0 Å². The Morgan fingerprint density at radius 2 is 1.91 bits per heavy atom. The Morgan fingerprint density at radius 3 is 2.62 bits per heavy atom. The van der Waals surface area contributed by atoms with E-state index in [-0.39, 0.29) is 23.4 Å². The molecule has 0 saturated carbocycles. The van der Waals surface area contributed by atoms with Gasteiger partial charge in [-0.15, -0.1) is 0 Å². The highest BCUT2D eigenvalue weighted by molar-refractivity contribution is 9.10. The summed E-state index contributed by atoms with van der Waals surface area (Å²) in [6.07, 6.45) is 0. The molecule has 1 aliphatic heterocycles. The maximum absolute atomic E-state index is 13.6. The van der Waals surface area contributed by atoms with E-state index in [4.69, 9.17) is 14.9 Å². The average molecular weight is 520 g/mol. The van der Waals surface area contributed by atoms with E-state index in [9.17, 15) is 14.4 Å². The second-order valence-corrected chi connectivity index (χ2v) is 8.77. The third-order valence-electron chi connectivity index (χ3n) is 5.53. The van der Waals surface area contributed by atoms with Gasteiger partial charge >= 0.3 is 0 Å². The van der Waals surface area contributed by atoms with Crippen molar-refractivity contribution in [1.29, 1.82) is 0 Å². The van der Waals surface area contributed by atoms with E-state index >= 15 is 0 Å². The number of hydrogen-bond acceptors (Lipinski definition) is 6. The molecule has 2 aromatic heterocycles. The number of ether oxygens (including phenoxy) is 1. The van der Waals surface area contributed by atoms with Crippen molar-refractivity contribution in [2.75, 3.05) is 11.5 Å². The number of pyridine rings is 1. The Kier molecular flexibility index (Phi) is 5.41. The van der Waals surface area contributed by atoms with Crippen LogP contribution in [-0.2, 0) is 4.79 Å². The maximum Gasteiger partial charge on any atom is 0.296 e. The molecule has 3 heterocycles. The minimum absolute atomic E-state index is 0.0119. The van der Waals surface area contributed by atoms with Gasteiger partial charge in [-0.3, -0.25) is 19.3 Å². The molecule has 0 spiro atoms. The molecule has 170 valence electrons. The zero-order valence-electron chi connectivity index (χ0n) is 17.9. The van der Waals surface area contributed by atoms with Gasteiger partial charge in [-0.1, -0.05) is 34.1 Å². The van der Waals surface area contributed by atoms with E-state index < -0.39 is 17.9 Å². The Bertz CT molecular complexity index is 1510. The van der Waals surface area contributed by atoms with Gasteiger partial charge in [0, 0.05) is 10.2 Å². The van der Waals surface area contributed by atoms with Crippen LogP contribution >= 0.6 is 15.9 Å². The molecule has 5 rings (SSSR count). The molecule has 1 unspecified atom stereocenters. The molecule has 0 aliphatic carbocycles. The number of fused-ring (bicyclic) bond motifs is 2. The Morgan fingerprint density at radius 1 is 1.15 bits per heavy atom. The summed E-state index contributed by atoms with van der Waals surface area (Å²) in [6.45, 7) is 1.57. The fraction of sp³-hybridized carbons (Fsp3) is 0.120. The Balaban J connectivity index is 1.70. The summed E-state index contributed by atoms with van der Waals surface area (Å²) in [6, 6.07) is 16.4. The van der Waals surface area contributed by atoms with Crippen molar-refractivity contribution in [2.45, 2.75) is 13.0 Å². The first-order chi connectivity index (χ1) is 16.3. The number of carbonyl (C=O) groups is 2. The van der Waals surface area contributed by atoms with Gasteiger partial charge in [-0.2, -0.15) is 0 Å². The monoisotopic (exact) mass is 519 g/mol. The number of amides is 2. The van der Waals surface area contributed by atoms with Gasteiger partial charge < -0.3 is 14.9 Å². The Hall–Kier alpha value is -3.98. The van der Waals surface area contributed by atoms with Crippen molar-refractivity contribution >= 4 is 44.5 Å². The van der Waals surface area contributed by atoms with Gasteiger partial charge in [-0.05, 0) is 55.0 Å². The summed E-state index contributed by atoms with van der Waals surface area (Å²) < 4.78 is 12.0. The molecule has 8 nitrogen and oxygen atoms in total. The molecule has 9 heteroatoms. The fourth-order valence-corrected chi connectivity index (χ4v) is 4.42. The quantitative estimate of drug-likeness (QED) is 0.427. The van der Waals surface area contributed by atoms with Gasteiger partial charge in [0.05, 0.1) is 17.0 Å². The van der Waals surface area contributed by atoms with Crippen LogP contribution < -0.4 is 20.8 Å². The first kappa shape index (κ1) is 21.8. The van der Waals surface area contributed by atoms with Crippen molar-refractivity contribution in [2.24, 2.45) is 5.73 Å². The topological polar surface area (TPSA) is 116 Å². The lowest BCUT2D eigenvalue weighted by atomic mass is 9.98. The van der Waals surface area contributed by atoms with Crippen molar-refractivity contribution < 1.29 is 18.7 Å². The molecule has 2 amide bonds. The second kappa shape index (κ2) is 8.42. The van der Waals surface area contributed by atoms with Crippen LogP contribution in [0.5, 0.6) is 5.75 Å². The normalized spacial score (nSPS) is 14.9. The molecule has 2 aromatic carbocycles. The molecule has 0 saturated heterocycles. The molecule has 1 aliphatic rings. The summed E-state index contributed by atoms with van der Waals surface area (Å²) in [7, 11) is 0. The molecular weight excluding hydrogens is 502 g/mol. The van der Waals surface area contributed by atoms with Crippen LogP contribution in [0.25, 0.3) is 11.0 Å². The standard InChI is InChI=1S/C25H18BrN3O5/c1-13-3-2-4-20(28-13)29-22(14-5-8-16(9-6-14)33-12-19(27)30)21-23(31)17-11-15(26)7-10-18(17)34-24(21)25(29)32/h2-11,22H,12H2,1H3,(H2,27,30). The first-order valence-electron chi connectivity index (χ1n) is 10.4. The second-order valence-electron chi connectivity index (χ2n) is 7.85.